The molecule has 0 spiro atoms. The second-order valence-corrected chi connectivity index (χ2v) is 3.84. The fraction of sp³-hybridized carbons (Fsp3) is 0. The maximum Gasteiger partial charge on any atom is 0.280 e. The van der Waals surface area contributed by atoms with Gasteiger partial charge in [-0.1, -0.05) is 6.07 Å². The van der Waals surface area contributed by atoms with E-state index in [1.54, 1.807) is 12.4 Å². The SMILES string of the molecule is O=c1[nH]ncc(N/N=C\c2ccccn2)c1Br. The number of hydrazone groups is 1. The van der Waals surface area contributed by atoms with Crippen molar-refractivity contribution in [3.8, 4) is 0 Å². The zero-order valence-corrected chi connectivity index (χ0v) is 10.2. The van der Waals surface area contributed by atoms with Gasteiger partial charge in [-0.3, -0.25) is 15.2 Å². The van der Waals surface area contributed by atoms with E-state index in [1.165, 1.54) is 6.20 Å². The van der Waals surface area contributed by atoms with Gasteiger partial charge in [0.25, 0.3) is 5.56 Å². The molecule has 0 aromatic carbocycles. The van der Waals surface area contributed by atoms with E-state index in [-0.39, 0.29) is 5.56 Å². The number of nitrogens with one attached hydrogen (secondary N) is 2. The van der Waals surface area contributed by atoms with Crippen LogP contribution >= 0.6 is 15.9 Å². The average molecular weight is 294 g/mol. The molecule has 2 aromatic heterocycles. The molecule has 0 unspecified atom stereocenters. The van der Waals surface area contributed by atoms with Crippen LogP contribution in [-0.2, 0) is 0 Å². The Labute approximate surface area is 105 Å². The fourth-order valence-electron chi connectivity index (χ4n) is 1.08. The lowest BCUT2D eigenvalue weighted by atomic mass is 10.4. The van der Waals surface area contributed by atoms with Gasteiger partial charge in [0.1, 0.15) is 4.47 Å². The summed E-state index contributed by atoms with van der Waals surface area (Å²) in [4.78, 5) is 15.3. The largest absolute Gasteiger partial charge is 0.280 e. The number of H-pyrrole nitrogens is 1. The Hall–Kier alpha value is -2.02. The summed E-state index contributed by atoms with van der Waals surface area (Å²) in [7, 11) is 0. The van der Waals surface area contributed by atoms with E-state index in [4.69, 9.17) is 0 Å². The molecule has 86 valence electrons. The summed E-state index contributed by atoms with van der Waals surface area (Å²) in [5, 5.41) is 9.90. The first kappa shape index (κ1) is 11.5. The van der Waals surface area contributed by atoms with Gasteiger partial charge in [-0.25, -0.2) is 5.10 Å². The third kappa shape index (κ3) is 2.97. The van der Waals surface area contributed by atoms with Gasteiger partial charge in [-0.2, -0.15) is 10.2 Å². The summed E-state index contributed by atoms with van der Waals surface area (Å²) in [6.45, 7) is 0. The Kier molecular flexibility index (Phi) is 3.61. The molecular weight excluding hydrogens is 286 g/mol. The molecule has 2 N–H and O–H groups in total. The van der Waals surface area contributed by atoms with Crippen LogP contribution in [0.2, 0.25) is 0 Å². The van der Waals surface area contributed by atoms with E-state index in [0.29, 0.717) is 15.9 Å². The molecule has 0 radical (unpaired) electrons. The van der Waals surface area contributed by atoms with Gasteiger partial charge in [0.15, 0.2) is 0 Å². The molecule has 2 heterocycles. The zero-order valence-electron chi connectivity index (χ0n) is 8.59. The number of hydrogen-bond donors (Lipinski definition) is 2. The van der Waals surface area contributed by atoms with Crippen LogP contribution in [0.25, 0.3) is 0 Å². The third-order valence-electron chi connectivity index (χ3n) is 1.87. The average Bonchev–Trinajstić information content (AvgIpc) is 2.36. The Bertz CT molecular complexity index is 581. The molecule has 0 aliphatic rings. The van der Waals surface area contributed by atoms with Crippen molar-refractivity contribution in [1.29, 1.82) is 0 Å². The Morgan fingerprint density at radius 3 is 3.12 bits per heavy atom. The molecule has 2 aromatic rings. The molecule has 17 heavy (non-hydrogen) atoms. The molecule has 0 aliphatic heterocycles. The quantitative estimate of drug-likeness (QED) is 0.661. The van der Waals surface area contributed by atoms with Crippen molar-refractivity contribution in [3.05, 3.63) is 51.1 Å². The third-order valence-corrected chi connectivity index (χ3v) is 2.65. The molecule has 0 saturated heterocycles. The lowest BCUT2D eigenvalue weighted by Crippen LogP contribution is -2.10. The summed E-state index contributed by atoms with van der Waals surface area (Å²) in [6, 6.07) is 5.50. The van der Waals surface area contributed by atoms with Crippen molar-refractivity contribution >= 4 is 27.8 Å². The number of aromatic nitrogens is 3. The van der Waals surface area contributed by atoms with Gasteiger partial charge in [0, 0.05) is 6.20 Å². The second kappa shape index (κ2) is 5.35. The lowest BCUT2D eigenvalue weighted by Gasteiger charge is -2.00. The van der Waals surface area contributed by atoms with Crippen molar-refractivity contribution in [2.24, 2.45) is 5.10 Å². The highest BCUT2D eigenvalue weighted by molar-refractivity contribution is 9.10. The molecule has 0 saturated carbocycles. The summed E-state index contributed by atoms with van der Waals surface area (Å²) < 4.78 is 0.352. The first-order valence-corrected chi connectivity index (χ1v) is 5.50. The molecule has 0 bridgehead atoms. The van der Waals surface area contributed by atoms with Crippen molar-refractivity contribution in [1.82, 2.24) is 15.2 Å². The van der Waals surface area contributed by atoms with Gasteiger partial charge in [-0.05, 0) is 28.1 Å². The normalized spacial score (nSPS) is 10.6. The van der Waals surface area contributed by atoms with Crippen molar-refractivity contribution < 1.29 is 0 Å². The number of anilines is 1. The number of pyridine rings is 1. The smallest absolute Gasteiger partial charge is 0.275 e. The molecule has 0 fully saturated rings. The van der Waals surface area contributed by atoms with Crippen LogP contribution in [0, 0.1) is 0 Å². The summed E-state index contributed by atoms with van der Waals surface area (Å²) in [6.07, 6.45) is 4.68. The van der Waals surface area contributed by atoms with Crippen molar-refractivity contribution in [2.45, 2.75) is 0 Å². The molecule has 0 amide bonds. The number of halogens is 1. The van der Waals surface area contributed by atoms with Gasteiger partial charge >= 0.3 is 0 Å². The van der Waals surface area contributed by atoms with Crippen LogP contribution in [0.1, 0.15) is 5.69 Å². The van der Waals surface area contributed by atoms with Gasteiger partial charge in [0.05, 0.1) is 23.8 Å². The molecule has 7 heteroatoms. The van der Waals surface area contributed by atoms with E-state index < -0.39 is 0 Å². The Morgan fingerprint density at radius 2 is 2.35 bits per heavy atom. The minimum absolute atomic E-state index is 0.317. The highest BCUT2D eigenvalue weighted by Gasteiger charge is 2.01. The van der Waals surface area contributed by atoms with Crippen LogP contribution in [0.4, 0.5) is 5.69 Å². The summed E-state index contributed by atoms with van der Waals surface area (Å²) in [5.41, 5.74) is 3.59. The van der Waals surface area contributed by atoms with Crippen LogP contribution in [0.15, 0.2) is 45.0 Å². The molecular formula is C10H8BrN5O. The van der Waals surface area contributed by atoms with Crippen LogP contribution in [0.3, 0.4) is 0 Å². The number of hydrogen-bond acceptors (Lipinski definition) is 5. The maximum atomic E-state index is 11.2. The van der Waals surface area contributed by atoms with Crippen molar-refractivity contribution in [3.63, 3.8) is 0 Å². The van der Waals surface area contributed by atoms with E-state index in [9.17, 15) is 4.79 Å². The number of nitrogens with zero attached hydrogens (tertiary/aromatic N) is 3. The summed E-state index contributed by atoms with van der Waals surface area (Å²) in [5.74, 6) is 0. The lowest BCUT2D eigenvalue weighted by molar-refractivity contribution is 0.977. The first-order valence-electron chi connectivity index (χ1n) is 4.70. The fourth-order valence-corrected chi connectivity index (χ4v) is 1.36. The first-order chi connectivity index (χ1) is 8.27. The maximum absolute atomic E-state index is 11.2. The zero-order chi connectivity index (χ0) is 12.1. The monoisotopic (exact) mass is 293 g/mol. The molecule has 2 rings (SSSR count). The van der Waals surface area contributed by atoms with Crippen molar-refractivity contribution in [2.75, 3.05) is 5.43 Å². The van der Waals surface area contributed by atoms with Gasteiger partial charge in [0.2, 0.25) is 0 Å². The molecule has 0 aliphatic carbocycles. The van der Waals surface area contributed by atoms with Gasteiger partial charge in [-0.15, -0.1) is 0 Å². The molecule has 6 nitrogen and oxygen atoms in total. The van der Waals surface area contributed by atoms with E-state index in [1.807, 2.05) is 18.2 Å². The van der Waals surface area contributed by atoms with Crippen LogP contribution in [0.5, 0.6) is 0 Å². The minimum atomic E-state index is -0.317. The topological polar surface area (TPSA) is 83.0 Å². The van der Waals surface area contributed by atoms with Crippen LogP contribution < -0.4 is 11.0 Å². The van der Waals surface area contributed by atoms with E-state index in [0.717, 1.165) is 0 Å². The van der Waals surface area contributed by atoms with E-state index in [2.05, 4.69) is 41.6 Å². The highest BCUT2D eigenvalue weighted by atomic mass is 79.9. The minimum Gasteiger partial charge on any atom is -0.275 e. The highest BCUT2D eigenvalue weighted by Crippen LogP contribution is 2.14. The second-order valence-electron chi connectivity index (χ2n) is 3.05. The number of rotatable bonds is 3. The van der Waals surface area contributed by atoms with Gasteiger partial charge < -0.3 is 0 Å². The Balaban J connectivity index is 2.11. The Morgan fingerprint density at radius 1 is 1.47 bits per heavy atom. The van der Waals surface area contributed by atoms with E-state index >= 15 is 0 Å². The summed E-state index contributed by atoms with van der Waals surface area (Å²) >= 11 is 3.13. The molecule has 0 atom stereocenters. The van der Waals surface area contributed by atoms with Crippen LogP contribution in [-0.4, -0.2) is 21.4 Å². The standard InChI is InChI=1S/C10H8BrN5O/c11-9-8(6-14-16-10(9)17)15-13-5-7-3-1-2-4-12-7/h1-6H,(H2,15,16,17)/b13-5-. The predicted molar refractivity (Wildman–Crippen MR) is 68.0 cm³/mol. The number of aromatic amines is 1. The predicted octanol–water partition coefficient (Wildman–Crippen LogP) is 1.37.